The molecule has 2 atom stereocenters. The van der Waals surface area contributed by atoms with Crippen LogP contribution in [0.4, 0.5) is 5.69 Å². The van der Waals surface area contributed by atoms with Crippen LogP contribution in [0, 0.1) is 13.8 Å². The van der Waals surface area contributed by atoms with E-state index in [1.54, 1.807) is 12.1 Å². The molecule has 0 spiro atoms. The molecule has 0 bridgehead atoms. The lowest BCUT2D eigenvalue weighted by molar-refractivity contribution is -0.150. The lowest BCUT2D eigenvalue weighted by Crippen LogP contribution is -2.29. The van der Waals surface area contributed by atoms with Gasteiger partial charge in [0.05, 0.1) is 11.9 Å². The molecule has 1 aliphatic rings. The predicted octanol–water partition coefficient (Wildman–Crippen LogP) is 3.06. The maximum absolute atomic E-state index is 12.2. The van der Waals surface area contributed by atoms with Crippen molar-refractivity contribution in [2.24, 2.45) is 0 Å². The van der Waals surface area contributed by atoms with Gasteiger partial charge in [-0.1, -0.05) is 12.1 Å². The molecule has 1 fully saturated rings. The quantitative estimate of drug-likeness (QED) is 0.854. The first kappa shape index (κ1) is 17.9. The summed E-state index contributed by atoms with van der Waals surface area (Å²) in [4.78, 5) is 27.2. The lowest BCUT2D eigenvalue weighted by Gasteiger charge is -2.12. The Labute approximate surface area is 151 Å². The van der Waals surface area contributed by atoms with Gasteiger partial charge in [0.1, 0.15) is 11.9 Å². The number of aromatic nitrogens is 1. The number of hydrogen-bond donors (Lipinski definition) is 2. The molecule has 1 amide bonds. The summed E-state index contributed by atoms with van der Waals surface area (Å²) < 4.78 is 11.0. The van der Waals surface area contributed by atoms with E-state index in [1.807, 2.05) is 32.0 Å². The molecule has 7 heteroatoms. The van der Waals surface area contributed by atoms with Gasteiger partial charge in [0.15, 0.2) is 6.10 Å². The lowest BCUT2D eigenvalue weighted by atomic mass is 10.1. The summed E-state index contributed by atoms with van der Waals surface area (Å²) in [5.74, 6) is -0.276. The maximum Gasteiger partial charge on any atom is 0.332 e. The first-order valence-corrected chi connectivity index (χ1v) is 8.33. The van der Waals surface area contributed by atoms with Crippen molar-refractivity contribution in [3.05, 3.63) is 47.7 Å². The molecule has 2 aromatic rings. The number of carboxylic acid groups (broad SMARTS) is 1. The van der Waals surface area contributed by atoms with E-state index in [-0.39, 0.29) is 5.91 Å². The Morgan fingerprint density at radius 1 is 1.19 bits per heavy atom. The summed E-state index contributed by atoms with van der Waals surface area (Å²) in [6.07, 6.45) is 0.513. The van der Waals surface area contributed by atoms with Crippen molar-refractivity contribution in [2.75, 3.05) is 5.32 Å². The molecule has 0 radical (unpaired) electrons. The highest BCUT2D eigenvalue weighted by atomic mass is 16.5. The number of carbonyl (C=O) groups excluding carboxylic acids is 1. The normalized spacial score (nSPS) is 19.2. The summed E-state index contributed by atoms with van der Waals surface area (Å²) in [6.45, 7) is 3.99. The van der Waals surface area contributed by atoms with E-state index in [4.69, 9.17) is 14.6 Å². The average molecular weight is 356 g/mol. The number of aliphatic carboxylic acids is 1. The van der Waals surface area contributed by atoms with Gasteiger partial charge >= 0.3 is 5.97 Å². The van der Waals surface area contributed by atoms with Crippen LogP contribution >= 0.6 is 0 Å². The third-order valence-corrected chi connectivity index (χ3v) is 4.36. The molecule has 7 nitrogen and oxygen atoms in total. The number of carboxylic acids is 1. The molecule has 1 aliphatic heterocycles. The molecular weight excluding hydrogens is 336 g/mol. The molecule has 2 heterocycles. The zero-order valence-corrected chi connectivity index (χ0v) is 14.6. The number of ether oxygens (including phenoxy) is 2. The first-order chi connectivity index (χ1) is 12.4. The summed E-state index contributed by atoms with van der Waals surface area (Å²) in [5, 5.41) is 11.6. The number of nitrogens with zero attached hydrogens (tertiary/aromatic N) is 1. The SMILES string of the molecule is Cc1cccc(Oc2ccc(NC(=O)[C@@H]3CC[C@H](C(=O)O)O3)cn2)c1C. The molecule has 0 unspecified atom stereocenters. The highest BCUT2D eigenvalue weighted by Crippen LogP contribution is 2.26. The summed E-state index contributed by atoms with van der Waals surface area (Å²) in [5.41, 5.74) is 2.66. The maximum atomic E-state index is 12.2. The number of anilines is 1. The Hall–Kier alpha value is -2.93. The minimum atomic E-state index is -1.05. The topological polar surface area (TPSA) is 97.8 Å². The summed E-state index contributed by atoms with van der Waals surface area (Å²) >= 11 is 0. The number of amides is 1. The fourth-order valence-corrected chi connectivity index (χ4v) is 2.70. The third kappa shape index (κ3) is 4.00. The fourth-order valence-electron chi connectivity index (χ4n) is 2.70. The number of pyridine rings is 1. The van der Waals surface area contributed by atoms with Crippen molar-refractivity contribution in [3.8, 4) is 11.6 Å². The smallest absolute Gasteiger partial charge is 0.332 e. The van der Waals surface area contributed by atoms with Crippen molar-refractivity contribution in [1.82, 2.24) is 4.98 Å². The van der Waals surface area contributed by atoms with Crippen molar-refractivity contribution < 1.29 is 24.2 Å². The minimum absolute atomic E-state index is 0.328. The van der Waals surface area contributed by atoms with Crippen LogP contribution in [0.2, 0.25) is 0 Å². The van der Waals surface area contributed by atoms with Gasteiger partial charge in [-0.2, -0.15) is 0 Å². The molecule has 136 valence electrons. The monoisotopic (exact) mass is 356 g/mol. The molecule has 1 aromatic carbocycles. The van der Waals surface area contributed by atoms with Gasteiger partial charge in [0.2, 0.25) is 5.88 Å². The molecule has 1 aromatic heterocycles. The summed E-state index contributed by atoms with van der Waals surface area (Å²) in [7, 11) is 0. The zero-order chi connectivity index (χ0) is 18.7. The third-order valence-electron chi connectivity index (χ3n) is 4.36. The van der Waals surface area contributed by atoms with Crippen molar-refractivity contribution in [2.45, 2.75) is 38.9 Å². The number of benzene rings is 1. The number of carbonyl (C=O) groups is 2. The van der Waals surface area contributed by atoms with Gasteiger partial charge in [0.25, 0.3) is 5.91 Å². The predicted molar refractivity (Wildman–Crippen MR) is 94.4 cm³/mol. The number of rotatable bonds is 5. The van der Waals surface area contributed by atoms with Crippen LogP contribution in [0.1, 0.15) is 24.0 Å². The number of aryl methyl sites for hydroxylation is 1. The van der Waals surface area contributed by atoms with E-state index in [9.17, 15) is 9.59 Å². The second-order valence-corrected chi connectivity index (χ2v) is 6.20. The van der Waals surface area contributed by atoms with Crippen LogP contribution in [0.3, 0.4) is 0 Å². The first-order valence-electron chi connectivity index (χ1n) is 8.33. The molecule has 2 N–H and O–H groups in total. The van der Waals surface area contributed by atoms with Crippen LogP contribution < -0.4 is 10.1 Å². The Kier molecular flexibility index (Phi) is 5.18. The van der Waals surface area contributed by atoms with E-state index in [1.165, 1.54) is 6.20 Å². The van der Waals surface area contributed by atoms with Crippen molar-refractivity contribution >= 4 is 17.6 Å². The standard InChI is InChI=1S/C19H20N2O5/c1-11-4-3-5-14(12(11)2)26-17-9-6-13(10-20-17)21-18(22)15-7-8-16(25-15)19(23)24/h3-6,9-10,15-16H,7-8H2,1-2H3,(H,21,22)(H,23,24)/t15-,16+/m0/s1. The van der Waals surface area contributed by atoms with E-state index < -0.39 is 18.2 Å². The van der Waals surface area contributed by atoms with Crippen LogP contribution in [0.25, 0.3) is 0 Å². The zero-order valence-electron chi connectivity index (χ0n) is 14.6. The Morgan fingerprint density at radius 2 is 1.96 bits per heavy atom. The van der Waals surface area contributed by atoms with Gasteiger partial charge in [-0.05, 0) is 49.9 Å². The van der Waals surface area contributed by atoms with E-state index in [0.717, 1.165) is 16.9 Å². The average Bonchev–Trinajstić information content (AvgIpc) is 3.11. The molecular formula is C19H20N2O5. The van der Waals surface area contributed by atoms with Gasteiger partial charge < -0.3 is 19.9 Å². The van der Waals surface area contributed by atoms with Gasteiger partial charge in [-0.3, -0.25) is 4.79 Å². The van der Waals surface area contributed by atoms with Gasteiger partial charge in [-0.25, -0.2) is 9.78 Å². The number of hydrogen-bond acceptors (Lipinski definition) is 5. The van der Waals surface area contributed by atoms with Crippen LogP contribution in [0.15, 0.2) is 36.5 Å². The highest BCUT2D eigenvalue weighted by molar-refractivity contribution is 5.94. The largest absolute Gasteiger partial charge is 0.479 e. The van der Waals surface area contributed by atoms with Crippen molar-refractivity contribution in [3.63, 3.8) is 0 Å². The molecule has 0 aliphatic carbocycles. The Bertz CT molecular complexity index is 819. The summed E-state index contributed by atoms with van der Waals surface area (Å²) in [6, 6.07) is 9.13. The van der Waals surface area contributed by atoms with Crippen molar-refractivity contribution in [1.29, 1.82) is 0 Å². The number of nitrogens with one attached hydrogen (secondary N) is 1. The van der Waals surface area contributed by atoms with E-state index in [0.29, 0.717) is 24.4 Å². The van der Waals surface area contributed by atoms with Gasteiger partial charge in [0, 0.05) is 6.07 Å². The second-order valence-electron chi connectivity index (χ2n) is 6.20. The van der Waals surface area contributed by atoms with Crippen LogP contribution in [-0.4, -0.2) is 34.2 Å². The highest BCUT2D eigenvalue weighted by Gasteiger charge is 2.34. The fraction of sp³-hybridized carbons (Fsp3) is 0.316. The minimum Gasteiger partial charge on any atom is -0.479 e. The van der Waals surface area contributed by atoms with Crippen LogP contribution in [-0.2, 0) is 14.3 Å². The van der Waals surface area contributed by atoms with E-state index >= 15 is 0 Å². The second kappa shape index (κ2) is 7.53. The molecule has 3 rings (SSSR count). The Morgan fingerprint density at radius 3 is 2.62 bits per heavy atom. The Balaban J connectivity index is 1.60. The molecule has 0 saturated carbocycles. The van der Waals surface area contributed by atoms with Gasteiger partial charge in [-0.15, -0.1) is 0 Å². The van der Waals surface area contributed by atoms with Crippen LogP contribution in [0.5, 0.6) is 11.6 Å². The van der Waals surface area contributed by atoms with E-state index in [2.05, 4.69) is 10.3 Å². The molecule has 26 heavy (non-hydrogen) atoms. The molecule has 1 saturated heterocycles.